The lowest BCUT2D eigenvalue weighted by Crippen LogP contribution is -2.07. The quantitative estimate of drug-likeness (QED) is 0.897. The van der Waals surface area contributed by atoms with Crippen LogP contribution in [0.3, 0.4) is 0 Å². The van der Waals surface area contributed by atoms with E-state index in [0.717, 1.165) is 11.8 Å². The lowest BCUT2D eigenvalue weighted by molar-refractivity contribution is 0.621. The average molecular weight is 241 g/mol. The van der Waals surface area contributed by atoms with Gasteiger partial charge in [0.1, 0.15) is 5.82 Å². The monoisotopic (exact) mass is 241 g/mol. The molecule has 0 spiro atoms. The normalized spacial score (nSPS) is 11.6. The fourth-order valence-corrected chi connectivity index (χ4v) is 1.67. The number of rotatable bonds is 3. The molecule has 0 aliphatic carbocycles. The van der Waals surface area contributed by atoms with Crippen molar-refractivity contribution in [1.29, 1.82) is 5.26 Å². The van der Waals surface area contributed by atoms with Crippen molar-refractivity contribution in [3.63, 3.8) is 0 Å². The van der Waals surface area contributed by atoms with Crippen LogP contribution < -0.4 is 5.32 Å². The van der Waals surface area contributed by atoms with Crippen LogP contribution >= 0.6 is 0 Å². The molecule has 90 valence electrons. The summed E-state index contributed by atoms with van der Waals surface area (Å²) in [6.45, 7) is 1.96. The summed E-state index contributed by atoms with van der Waals surface area (Å²) in [6, 6.07) is 10.8. The molecule has 0 bridgehead atoms. The summed E-state index contributed by atoms with van der Waals surface area (Å²) in [5.41, 5.74) is 2.28. The van der Waals surface area contributed by atoms with Crippen LogP contribution in [-0.2, 0) is 0 Å². The summed E-state index contributed by atoms with van der Waals surface area (Å²) in [5.74, 6) is -0.368. The second-order valence-electron chi connectivity index (χ2n) is 3.99. The third kappa shape index (κ3) is 2.83. The highest BCUT2D eigenvalue weighted by Gasteiger charge is 2.06. The van der Waals surface area contributed by atoms with Crippen LogP contribution in [0.5, 0.6) is 0 Å². The van der Waals surface area contributed by atoms with Gasteiger partial charge in [-0.3, -0.25) is 4.98 Å². The Kier molecular flexibility index (Phi) is 3.54. The Bertz CT molecular complexity index is 572. The van der Waals surface area contributed by atoms with Crippen LogP contribution in [0.1, 0.15) is 24.1 Å². The number of nitrogens with zero attached hydrogens (tertiary/aromatic N) is 2. The van der Waals surface area contributed by atoms with Gasteiger partial charge >= 0.3 is 0 Å². The SMILES string of the molecule is CC(Nc1cncc(F)c1)c1ccc(C#N)cc1. The second-order valence-corrected chi connectivity index (χ2v) is 3.99. The highest BCUT2D eigenvalue weighted by Crippen LogP contribution is 2.19. The number of benzene rings is 1. The van der Waals surface area contributed by atoms with Crippen molar-refractivity contribution in [2.24, 2.45) is 0 Å². The van der Waals surface area contributed by atoms with E-state index in [1.807, 2.05) is 19.1 Å². The van der Waals surface area contributed by atoms with Crippen molar-refractivity contribution in [2.45, 2.75) is 13.0 Å². The van der Waals surface area contributed by atoms with Crippen molar-refractivity contribution in [2.75, 3.05) is 5.32 Å². The maximum Gasteiger partial charge on any atom is 0.143 e. The fourth-order valence-electron chi connectivity index (χ4n) is 1.67. The molecule has 1 aromatic carbocycles. The Morgan fingerprint density at radius 1 is 1.28 bits per heavy atom. The van der Waals surface area contributed by atoms with Crippen LogP contribution in [0, 0.1) is 17.1 Å². The molecule has 1 heterocycles. The molecular weight excluding hydrogens is 229 g/mol. The maximum absolute atomic E-state index is 13.0. The first kappa shape index (κ1) is 12.1. The van der Waals surface area contributed by atoms with Crippen LogP contribution in [0.15, 0.2) is 42.7 Å². The van der Waals surface area contributed by atoms with E-state index >= 15 is 0 Å². The maximum atomic E-state index is 13.0. The highest BCUT2D eigenvalue weighted by molar-refractivity contribution is 5.43. The van der Waals surface area contributed by atoms with Crippen molar-refractivity contribution in [3.8, 4) is 6.07 Å². The molecule has 0 saturated heterocycles. The minimum atomic E-state index is -0.368. The van der Waals surface area contributed by atoms with Crippen LogP contribution in [0.2, 0.25) is 0 Å². The first-order valence-corrected chi connectivity index (χ1v) is 5.56. The first-order valence-electron chi connectivity index (χ1n) is 5.56. The summed E-state index contributed by atoms with van der Waals surface area (Å²) in [6.07, 6.45) is 2.74. The smallest absolute Gasteiger partial charge is 0.143 e. The highest BCUT2D eigenvalue weighted by atomic mass is 19.1. The van der Waals surface area contributed by atoms with Gasteiger partial charge in [-0.05, 0) is 24.6 Å². The third-order valence-corrected chi connectivity index (χ3v) is 2.63. The molecule has 0 saturated carbocycles. The molecule has 1 unspecified atom stereocenters. The summed E-state index contributed by atoms with van der Waals surface area (Å²) in [5, 5.41) is 11.9. The molecule has 0 fully saturated rings. The molecule has 2 rings (SSSR count). The van der Waals surface area contributed by atoms with E-state index < -0.39 is 0 Å². The van der Waals surface area contributed by atoms with Gasteiger partial charge in [0, 0.05) is 12.1 Å². The molecule has 1 atom stereocenters. The number of hydrogen-bond donors (Lipinski definition) is 1. The minimum Gasteiger partial charge on any atom is -0.377 e. The number of nitriles is 1. The van der Waals surface area contributed by atoms with Gasteiger partial charge in [-0.1, -0.05) is 12.1 Å². The van der Waals surface area contributed by atoms with Crippen LogP contribution in [0.4, 0.5) is 10.1 Å². The largest absolute Gasteiger partial charge is 0.377 e. The van der Waals surface area contributed by atoms with E-state index in [4.69, 9.17) is 5.26 Å². The summed E-state index contributed by atoms with van der Waals surface area (Å²) in [7, 11) is 0. The standard InChI is InChI=1S/C14H12FN3/c1-10(12-4-2-11(7-16)3-5-12)18-14-6-13(15)8-17-9-14/h2-6,8-10,18H,1H3. The minimum absolute atomic E-state index is 0.0151. The predicted molar refractivity (Wildman–Crippen MR) is 67.4 cm³/mol. The zero-order valence-corrected chi connectivity index (χ0v) is 9.89. The van der Waals surface area contributed by atoms with Gasteiger partial charge in [0.05, 0.1) is 29.7 Å². The molecule has 4 heteroatoms. The molecule has 3 nitrogen and oxygen atoms in total. The summed E-state index contributed by atoms with van der Waals surface area (Å²) < 4.78 is 13.0. The summed E-state index contributed by atoms with van der Waals surface area (Å²) >= 11 is 0. The molecule has 1 N–H and O–H groups in total. The van der Waals surface area contributed by atoms with Gasteiger partial charge in [0.25, 0.3) is 0 Å². The fraction of sp³-hybridized carbons (Fsp3) is 0.143. The van der Waals surface area contributed by atoms with Gasteiger partial charge in [-0.2, -0.15) is 5.26 Å². The van der Waals surface area contributed by atoms with Crippen molar-refractivity contribution in [1.82, 2.24) is 4.98 Å². The number of aromatic nitrogens is 1. The lowest BCUT2D eigenvalue weighted by atomic mass is 10.1. The van der Waals surface area contributed by atoms with E-state index in [0.29, 0.717) is 11.3 Å². The van der Waals surface area contributed by atoms with E-state index in [1.165, 1.54) is 6.07 Å². The number of nitrogens with one attached hydrogen (secondary N) is 1. The molecule has 2 aromatic rings. The third-order valence-electron chi connectivity index (χ3n) is 2.63. The van der Waals surface area contributed by atoms with Gasteiger partial charge in [0.2, 0.25) is 0 Å². The van der Waals surface area contributed by atoms with Gasteiger partial charge < -0.3 is 5.32 Å². The van der Waals surface area contributed by atoms with Crippen LogP contribution in [0.25, 0.3) is 0 Å². The zero-order chi connectivity index (χ0) is 13.0. The van der Waals surface area contributed by atoms with Crippen molar-refractivity contribution < 1.29 is 4.39 Å². The first-order chi connectivity index (χ1) is 8.69. The Morgan fingerprint density at radius 2 is 2.00 bits per heavy atom. The predicted octanol–water partition coefficient (Wildman–Crippen LogP) is 3.27. The topological polar surface area (TPSA) is 48.7 Å². The molecule has 0 amide bonds. The number of pyridine rings is 1. The molecular formula is C14H12FN3. The van der Waals surface area contributed by atoms with Crippen molar-refractivity contribution >= 4 is 5.69 Å². The molecule has 0 radical (unpaired) electrons. The van der Waals surface area contributed by atoms with Gasteiger partial charge in [-0.15, -0.1) is 0 Å². The Labute approximate surface area is 105 Å². The zero-order valence-electron chi connectivity index (χ0n) is 9.89. The molecule has 18 heavy (non-hydrogen) atoms. The van der Waals surface area contributed by atoms with E-state index in [2.05, 4.69) is 16.4 Å². The van der Waals surface area contributed by atoms with Crippen molar-refractivity contribution in [3.05, 3.63) is 59.7 Å². The van der Waals surface area contributed by atoms with E-state index in [-0.39, 0.29) is 11.9 Å². The molecule has 0 aliphatic rings. The van der Waals surface area contributed by atoms with Crippen LogP contribution in [-0.4, -0.2) is 4.98 Å². The molecule has 1 aromatic heterocycles. The second kappa shape index (κ2) is 5.28. The Morgan fingerprint density at radius 3 is 2.61 bits per heavy atom. The van der Waals surface area contributed by atoms with Gasteiger partial charge in [0.15, 0.2) is 0 Å². The number of hydrogen-bond acceptors (Lipinski definition) is 3. The number of anilines is 1. The average Bonchev–Trinajstić information content (AvgIpc) is 2.39. The number of halogens is 1. The van der Waals surface area contributed by atoms with Gasteiger partial charge in [-0.25, -0.2) is 4.39 Å². The molecule has 0 aliphatic heterocycles. The van der Waals surface area contributed by atoms with E-state index in [1.54, 1.807) is 18.3 Å². The Hall–Kier alpha value is -2.41. The Balaban J connectivity index is 2.12. The summed E-state index contributed by atoms with van der Waals surface area (Å²) in [4.78, 5) is 3.78. The van der Waals surface area contributed by atoms with E-state index in [9.17, 15) is 4.39 Å². The lowest BCUT2D eigenvalue weighted by Gasteiger charge is -2.15.